The van der Waals surface area contributed by atoms with Crippen LogP contribution in [0.1, 0.15) is 70.9 Å². The second-order valence-corrected chi connectivity index (χ2v) is 7.33. The van der Waals surface area contributed by atoms with E-state index in [0.29, 0.717) is 12.1 Å². The quantitative estimate of drug-likeness (QED) is 0.659. The lowest BCUT2D eigenvalue weighted by Gasteiger charge is -2.25. The highest BCUT2D eigenvalue weighted by Crippen LogP contribution is 2.30. The summed E-state index contributed by atoms with van der Waals surface area (Å²) in [5.41, 5.74) is 1.33. The summed E-state index contributed by atoms with van der Waals surface area (Å²) >= 11 is 6.14. The molecule has 0 saturated heterocycles. The van der Waals surface area contributed by atoms with Gasteiger partial charge in [0, 0.05) is 17.1 Å². The van der Waals surface area contributed by atoms with E-state index in [1.165, 1.54) is 37.7 Å². The van der Waals surface area contributed by atoms with E-state index >= 15 is 0 Å². The maximum atomic E-state index is 6.14. The Kier molecular flexibility index (Phi) is 6.57. The molecule has 3 unspecified atom stereocenters. The van der Waals surface area contributed by atoms with Gasteiger partial charge >= 0.3 is 0 Å². The van der Waals surface area contributed by atoms with Crippen LogP contribution in [0.25, 0.3) is 0 Å². The normalized spacial score (nSPS) is 24.8. The fraction of sp³-hybridized carbons (Fsp3) is 0.684. The van der Waals surface area contributed by atoms with Gasteiger partial charge in [0.15, 0.2) is 0 Å². The van der Waals surface area contributed by atoms with Crippen molar-refractivity contribution >= 4 is 11.6 Å². The predicted octanol–water partition coefficient (Wildman–Crippen LogP) is 5.99. The highest BCUT2D eigenvalue weighted by atomic mass is 35.5. The van der Waals surface area contributed by atoms with E-state index in [-0.39, 0.29) is 0 Å². The van der Waals surface area contributed by atoms with E-state index in [4.69, 9.17) is 11.6 Å². The van der Waals surface area contributed by atoms with Gasteiger partial charge in [-0.15, -0.1) is 0 Å². The first-order valence-corrected chi connectivity index (χ1v) is 8.99. The smallest absolute Gasteiger partial charge is 0.0409 e. The van der Waals surface area contributed by atoms with Crippen LogP contribution in [0.4, 0.5) is 0 Å². The first kappa shape index (κ1) is 16.8. The van der Waals surface area contributed by atoms with Gasteiger partial charge in [-0.05, 0) is 55.2 Å². The largest absolute Gasteiger partial charge is 0.307 e. The summed E-state index contributed by atoms with van der Waals surface area (Å²) in [5, 5.41) is 4.73. The fourth-order valence-corrected chi connectivity index (χ4v) is 3.82. The van der Waals surface area contributed by atoms with Gasteiger partial charge in [0.2, 0.25) is 0 Å². The molecule has 0 aromatic heterocycles. The molecule has 2 rings (SSSR count). The zero-order valence-electron chi connectivity index (χ0n) is 13.7. The summed E-state index contributed by atoms with van der Waals surface area (Å²) in [6.07, 6.45) is 7.91. The monoisotopic (exact) mass is 307 g/mol. The molecule has 21 heavy (non-hydrogen) atoms. The Labute approximate surface area is 135 Å². The Morgan fingerprint density at radius 2 is 2.00 bits per heavy atom. The van der Waals surface area contributed by atoms with Crippen molar-refractivity contribution in [2.24, 2.45) is 11.8 Å². The van der Waals surface area contributed by atoms with Crippen molar-refractivity contribution in [3.8, 4) is 0 Å². The summed E-state index contributed by atoms with van der Waals surface area (Å²) in [6, 6.07) is 9.42. The molecule has 1 saturated carbocycles. The number of halogens is 1. The Morgan fingerprint density at radius 3 is 2.67 bits per heavy atom. The van der Waals surface area contributed by atoms with Gasteiger partial charge in [0.05, 0.1) is 0 Å². The van der Waals surface area contributed by atoms with Crippen molar-refractivity contribution in [2.75, 3.05) is 0 Å². The average molecular weight is 308 g/mol. The van der Waals surface area contributed by atoms with Crippen LogP contribution in [0.3, 0.4) is 0 Å². The molecule has 1 aromatic rings. The minimum absolute atomic E-state index is 0.435. The lowest BCUT2D eigenvalue weighted by atomic mass is 9.89. The van der Waals surface area contributed by atoms with E-state index in [2.05, 4.69) is 44.3 Å². The molecule has 1 aromatic carbocycles. The second-order valence-electron chi connectivity index (χ2n) is 6.89. The molecule has 1 aliphatic rings. The van der Waals surface area contributed by atoms with Gasteiger partial charge in [-0.25, -0.2) is 0 Å². The Bertz CT molecular complexity index is 429. The fourth-order valence-electron chi connectivity index (χ4n) is 3.62. The van der Waals surface area contributed by atoms with Crippen LogP contribution in [-0.4, -0.2) is 6.04 Å². The Balaban J connectivity index is 1.95. The minimum Gasteiger partial charge on any atom is -0.307 e. The Morgan fingerprint density at radius 1 is 1.19 bits per heavy atom. The summed E-state index contributed by atoms with van der Waals surface area (Å²) in [6.45, 7) is 7.00. The van der Waals surface area contributed by atoms with Crippen molar-refractivity contribution in [1.29, 1.82) is 0 Å². The lowest BCUT2D eigenvalue weighted by Crippen LogP contribution is -2.32. The third-order valence-corrected chi connectivity index (χ3v) is 5.29. The minimum atomic E-state index is 0.435. The van der Waals surface area contributed by atoms with Crippen LogP contribution in [-0.2, 0) is 0 Å². The number of benzene rings is 1. The van der Waals surface area contributed by atoms with Crippen LogP contribution in [0.15, 0.2) is 24.3 Å². The number of nitrogens with one attached hydrogen (secondary N) is 1. The van der Waals surface area contributed by atoms with Gasteiger partial charge in [0.25, 0.3) is 0 Å². The number of hydrogen-bond donors (Lipinski definition) is 1. The number of hydrogen-bond acceptors (Lipinski definition) is 1. The summed E-state index contributed by atoms with van der Waals surface area (Å²) < 4.78 is 0. The predicted molar refractivity (Wildman–Crippen MR) is 92.8 cm³/mol. The molecule has 3 atom stereocenters. The average Bonchev–Trinajstić information content (AvgIpc) is 2.70. The van der Waals surface area contributed by atoms with Crippen molar-refractivity contribution < 1.29 is 0 Å². The van der Waals surface area contributed by atoms with Crippen molar-refractivity contribution in [3.63, 3.8) is 0 Å². The van der Waals surface area contributed by atoms with Gasteiger partial charge in [-0.2, -0.15) is 0 Å². The second kappa shape index (κ2) is 8.19. The summed E-state index contributed by atoms with van der Waals surface area (Å²) in [7, 11) is 0. The van der Waals surface area contributed by atoms with Crippen LogP contribution in [0, 0.1) is 11.8 Å². The molecular formula is C19H30ClN. The molecule has 1 fully saturated rings. The molecule has 0 bridgehead atoms. The molecule has 0 radical (unpaired) electrons. The maximum absolute atomic E-state index is 6.14. The van der Waals surface area contributed by atoms with E-state index < -0.39 is 0 Å². The number of rotatable bonds is 5. The van der Waals surface area contributed by atoms with Crippen LogP contribution in [0.2, 0.25) is 5.02 Å². The van der Waals surface area contributed by atoms with E-state index in [1.807, 2.05) is 6.07 Å². The zero-order chi connectivity index (χ0) is 15.2. The standard InChI is InChI=1S/C19H30ClN/c1-4-19(16-8-5-9-17(20)13-16)21-18-10-6-7-15(11-12-18)14(2)3/h5,8-9,13-15,18-19,21H,4,6-7,10-12H2,1-3H3. The SMILES string of the molecule is CCC(NC1CCCC(C(C)C)CC1)c1cccc(Cl)c1. The molecule has 0 heterocycles. The molecular weight excluding hydrogens is 278 g/mol. The van der Waals surface area contributed by atoms with Crippen LogP contribution >= 0.6 is 11.6 Å². The van der Waals surface area contributed by atoms with Gasteiger partial charge in [0.1, 0.15) is 0 Å². The van der Waals surface area contributed by atoms with E-state index in [1.54, 1.807) is 0 Å². The highest BCUT2D eigenvalue weighted by molar-refractivity contribution is 6.30. The topological polar surface area (TPSA) is 12.0 Å². The lowest BCUT2D eigenvalue weighted by molar-refractivity contribution is 0.333. The van der Waals surface area contributed by atoms with Crippen molar-refractivity contribution in [3.05, 3.63) is 34.9 Å². The highest BCUT2D eigenvalue weighted by Gasteiger charge is 2.22. The Hall–Kier alpha value is -0.530. The first-order chi connectivity index (χ1) is 10.1. The molecule has 0 aliphatic heterocycles. The molecule has 118 valence electrons. The maximum Gasteiger partial charge on any atom is 0.0409 e. The molecule has 1 aliphatic carbocycles. The van der Waals surface area contributed by atoms with Gasteiger partial charge < -0.3 is 5.32 Å². The molecule has 1 nitrogen and oxygen atoms in total. The summed E-state index contributed by atoms with van der Waals surface area (Å²) in [5.74, 6) is 1.75. The first-order valence-electron chi connectivity index (χ1n) is 8.61. The third kappa shape index (κ3) is 5.00. The van der Waals surface area contributed by atoms with E-state index in [9.17, 15) is 0 Å². The van der Waals surface area contributed by atoms with Crippen molar-refractivity contribution in [2.45, 2.75) is 71.4 Å². The van der Waals surface area contributed by atoms with Crippen LogP contribution in [0.5, 0.6) is 0 Å². The van der Waals surface area contributed by atoms with Gasteiger partial charge in [-0.3, -0.25) is 0 Å². The molecule has 2 heteroatoms. The zero-order valence-corrected chi connectivity index (χ0v) is 14.5. The third-order valence-electron chi connectivity index (χ3n) is 5.05. The summed E-state index contributed by atoms with van der Waals surface area (Å²) in [4.78, 5) is 0. The molecule has 0 spiro atoms. The molecule has 1 N–H and O–H groups in total. The van der Waals surface area contributed by atoms with Crippen LogP contribution < -0.4 is 5.32 Å². The van der Waals surface area contributed by atoms with Gasteiger partial charge in [-0.1, -0.05) is 57.3 Å². The van der Waals surface area contributed by atoms with E-state index in [0.717, 1.165) is 23.3 Å². The molecule has 0 amide bonds. The van der Waals surface area contributed by atoms with Crippen molar-refractivity contribution in [1.82, 2.24) is 5.32 Å².